The van der Waals surface area contributed by atoms with E-state index < -0.39 is 0 Å². The van der Waals surface area contributed by atoms with E-state index >= 15 is 0 Å². The van der Waals surface area contributed by atoms with Gasteiger partial charge in [0.1, 0.15) is 12.2 Å². The van der Waals surface area contributed by atoms with Crippen LogP contribution in [0.1, 0.15) is 33.6 Å². The molecule has 0 spiro atoms. The molecule has 4 heteroatoms. The minimum absolute atomic E-state index is 0.0928. The molecule has 0 aromatic heterocycles. The summed E-state index contributed by atoms with van der Waals surface area (Å²) >= 11 is 0. The van der Waals surface area contributed by atoms with E-state index in [2.05, 4.69) is 18.6 Å². The van der Waals surface area contributed by atoms with Crippen LogP contribution in [0.2, 0.25) is 0 Å². The summed E-state index contributed by atoms with van der Waals surface area (Å²) in [7, 11) is 1.38. The lowest BCUT2D eigenvalue weighted by Crippen LogP contribution is -2.25. The molecule has 17 heavy (non-hydrogen) atoms. The Kier molecular flexibility index (Phi) is 5.65. The number of carbonyl (C=O) groups is 1. The predicted octanol–water partition coefficient (Wildman–Crippen LogP) is 2.08. The molecular formula is C13H22O4. The maximum Gasteiger partial charge on any atom is 0.333 e. The number of methoxy groups -OCH3 is 1. The number of ether oxygens (including phenoxy) is 3. The second-order valence-corrected chi connectivity index (χ2v) is 4.25. The van der Waals surface area contributed by atoms with Crippen LogP contribution < -0.4 is 0 Å². The smallest absolute Gasteiger partial charge is 0.333 e. The van der Waals surface area contributed by atoms with Crippen LogP contribution in [0.25, 0.3) is 0 Å². The quantitative estimate of drug-likeness (QED) is 0.389. The van der Waals surface area contributed by atoms with E-state index in [1.54, 1.807) is 6.92 Å². The maximum absolute atomic E-state index is 11.3. The Morgan fingerprint density at radius 2 is 2.06 bits per heavy atom. The van der Waals surface area contributed by atoms with Crippen molar-refractivity contribution >= 4 is 5.97 Å². The Hall–Kier alpha value is -0.870. The van der Waals surface area contributed by atoms with Crippen molar-refractivity contribution < 1.29 is 19.0 Å². The van der Waals surface area contributed by atoms with E-state index in [-0.39, 0.29) is 24.3 Å². The Balaban J connectivity index is 2.62. The van der Waals surface area contributed by atoms with Crippen LogP contribution in [0.4, 0.5) is 0 Å². The molecule has 4 nitrogen and oxygen atoms in total. The highest BCUT2D eigenvalue weighted by atomic mass is 16.6. The van der Waals surface area contributed by atoms with Crippen molar-refractivity contribution in [3.63, 3.8) is 0 Å². The highest BCUT2D eigenvalue weighted by Crippen LogP contribution is 2.22. The lowest BCUT2D eigenvalue weighted by molar-refractivity contribution is -0.136. The van der Waals surface area contributed by atoms with Gasteiger partial charge in [0, 0.05) is 5.57 Å². The van der Waals surface area contributed by atoms with Gasteiger partial charge < -0.3 is 14.2 Å². The number of esters is 1. The highest BCUT2D eigenvalue weighted by molar-refractivity contribution is 5.87. The van der Waals surface area contributed by atoms with Crippen molar-refractivity contribution in [2.75, 3.05) is 13.7 Å². The predicted molar refractivity (Wildman–Crippen MR) is 64.8 cm³/mol. The average Bonchev–Trinajstić information content (AvgIpc) is 3.17. The SMILES string of the molecule is CCC(CC)OC(/C=C(\C)C(=O)OC)[C@@H]1CO1. The van der Waals surface area contributed by atoms with Gasteiger partial charge in [-0.2, -0.15) is 0 Å². The molecule has 0 N–H and O–H groups in total. The second-order valence-electron chi connectivity index (χ2n) is 4.25. The van der Waals surface area contributed by atoms with Gasteiger partial charge in [-0.05, 0) is 25.8 Å². The van der Waals surface area contributed by atoms with Crippen LogP contribution in [-0.2, 0) is 19.0 Å². The third-order valence-electron chi connectivity index (χ3n) is 2.91. The Morgan fingerprint density at radius 3 is 2.47 bits per heavy atom. The fourth-order valence-electron chi connectivity index (χ4n) is 1.66. The standard InChI is InChI=1S/C13H22O4/c1-5-10(6-2)17-11(12-8-16-12)7-9(3)13(14)15-4/h7,10-12H,5-6,8H2,1-4H3/b9-7+/t11?,12-/m0/s1. The first-order valence-corrected chi connectivity index (χ1v) is 6.16. The monoisotopic (exact) mass is 242 g/mol. The molecule has 2 atom stereocenters. The first-order chi connectivity index (χ1) is 8.12. The first kappa shape index (κ1) is 14.2. The first-order valence-electron chi connectivity index (χ1n) is 6.16. The Labute approximate surface area is 103 Å². The molecule has 0 aliphatic carbocycles. The van der Waals surface area contributed by atoms with E-state index in [1.165, 1.54) is 7.11 Å². The van der Waals surface area contributed by atoms with Gasteiger partial charge in [0.15, 0.2) is 0 Å². The van der Waals surface area contributed by atoms with Gasteiger partial charge in [-0.25, -0.2) is 4.79 Å². The Morgan fingerprint density at radius 1 is 1.47 bits per heavy atom. The van der Waals surface area contributed by atoms with Gasteiger partial charge in [0.25, 0.3) is 0 Å². The zero-order valence-corrected chi connectivity index (χ0v) is 11.1. The molecule has 0 bridgehead atoms. The van der Waals surface area contributed by atoms with Crippen LogP contribution in [0.5, 0.6) is 0 Å². The summed E-state index contributed by atoms with van der Waals surface area (Å²) in [4.78, 5) is 11.3. The summed E-state index contributed by atoms with van der Waals surface area (Å²) in [5, 5.41) is 0. The van der Waals surface area contributed by atoms with Crippen molar-refractivity contribution in [2.24, 2.45) is 0 Å². The minimum Gasteiger partial charge on any atom is -0.466 e. The highest BCUT2D eigenvalue weighted by Gasteiger charge is 2.34. The van der Waals surface area contributed by atoms with Gasteiger partial charge in [-0.3, -0.25) is 0 Å². The summed E-state index contributed by atoms with van der Waals surface area (Å²) in [5.74, 6) is -0.316. The third kappa shape index (κ3) is 4.48. The van der Waals surface area contributed by atoms with Gasteiger partial charge in [0.05, 0.1) is 19.8 Å². The van der Waals surface area contributed by atoms with Crippen molar-refractivity contribution in [1.29, 1.82) is 0 Å². The van der Waals surface area contributed by atoms with Gasteiger partial charge >= 0.3 is 5.97 Å². The third-order valence-corrected chi connectivity index (χ3v) is 2.91. The van der Waals surface area contributed by atoms with E-state index in [0.717, 1.165) is 12.8 Å². The summed E-state index contributed by atoms with van der Waals surface area (Å²) in [6, 6.07) is 0. The van der Waals surface area contributed by atoms with Gasteiger partial charge in [-0.15, -0.1) is 0 Å². The van der Waals surface area contributed by atoms with Crippen LogP contribution in [0.3, 0.4) is 0 Å². The van der Waals surface area contributed by atoms with Crippen molar-refractivity contribution in [2.45, 2.75) is 51.9 Å². The number of hydrogen-bond acceptors (Lipinski definition) is 4. The molecule has 0 saturated carbocycles. The molecule has 1 heterocycles. The van der Waals surface area contributed by atoms with Crippen molar-refractivity contribution in [3.8, 4) is 0 Å². The molecule has 1 fully saturated rings. The largest absolute Gasteiger partial charge is 0.466 e. The van der Waals surface area contributed by atoms with Crippen molar-refractivity contribution in [1.82, 2.24) is 0 Å². The van der Waals surface area contributed by atoms with E-state index in [1.807, 2.05) is 6.08 Å². The Bertz CT molecular complexity index is 277. The molecule has 0 radical (unpaired) electrons. The summed E-state index contributed by atoms with van der Waals surface area (Å²) in [5.41, 5.74) is 0.568. The summed E-state index contributed by atoms with van der Waals surface area (Å²) in [6.45, 7) is 6.62. The molecule has 1 aliphatic heterocycles. The normalized spacial score (nSPS) is 21.5. The zero-order valence-electron chi connectivity index (χ0n) is 11.1. The molecule has 0 aromatic carbocycles. The van der Waals surface area contributed by atoms with Crippen LogP contribution in [0, 0.1) is 0 Å². The summed E-state index contributed by atoms with van der Waals surface area (Å²) in [6.07, 6.45) is 3.90. The molecule has 1 aliphatic rings. The fraction of sp³-hybridized carbons (Fsp3) is 0.769. The maximum atomic E-state index is 11.3. The fourth-order valence-corrected chi connectivity index (χ4v) is 1.66. The van der Waals surface area contributed by atoms with E-state index in [9.17, 15) is 4.79 Å². The number of hydrogen-bond donors (Lipinski definition) is 0. The van der Waals surface area contributed by atoms with Gasteiger partial charge in [0.2, 0.25) is 0 Å². The van der Waals surface area contributed by atoms with Crippen molar-refractivity contribution in [3.05, 3.63) is 11.6 Å². The van der Waals surface area contributed by atoms with Crippen LogP contribution in [-0.4, -0.2) is 38.0 Å². The lowest BCUT2D eigenvalue weighted by Gasteiger charge is -2.20. The molecule has 1 rings (SSSR count). The zero-order chi connectivity index (χ0) is 12.8. The topological polar surface area (TPSA) is 48.1 Å². The number of epoxide rings is 1. The van der Waals surface area contributed by atoms with E-state index in [4.69, 9.17) is 9.47 Å². The van der Waals surface area contributed by atoms with Crippen LogP contribution in [0.15, 0.2) is 11.6 Å². The van der Waals surface area contributed by atoms with Gasteiger partial charge in [-0.1, -0.05) is 13.8 Å². The second kappa shape index (κ2) is 6.77. The molecule has 98 valence electrons. The molecule has 1 unspecified atom stereocenters. The molecule has 1 saturated heterocycles. The lowest BCUT2D eigenvalue weighted by atomic mass is 10.1. The number of rotatable bonds is 7. The molecule has 0 aromatic rings. The minimum atomic E-state index is -0.316. The summed E-state index contributed by atoms with van der Waals surface area (Å²) < 4.78 is 15.8. The van der Waals surface area contributed by atoms with E-state index in [0.29, 0.717) is 12.2 Å². The average molecular weight is 242 g/mol. The van der Waals surface area contributed by atoms with Crippen LogP contribution >= 0.6 is 0 Å². The molecule has 0 amide bonds. The molecular weight excluding hydrogens is 220 g/mol. The number of carbonyl (C=O) groups excluding carboxylic acids is 1.